The topological polar surface area (TPSA) is 90.3 Å². The number of benzene rings is 2. The summed E-state index contributed by atoms with van der Waals surface area (Å²) >= 11 is 0. The van der Waals surface area contributed by atoms with Crippen LogP contribution in [-0.2, 0) is 9.59 Å². The van der Waals surface area contributed by atoms with Crippen molar-refractivity contribution in [2.45, 2.75) is 33.2 Å². The van der Waals surface area contributed by atoms with Crippen molar-refractivity contribution < 1.29 is 24.5 Å². The molecule has 1 aliphatic heterocycles. The van der Waals surface area contributed by atoms with Gasteiger partial charge in [0.05, 0.1) is 18.2 Å². The van der Waals surface area contributed by atoms with Gasteiger partial charge >= 0.3 is 0 Å². The van der Waals surface area contributed by atoms with E-state index < -0.39 is 17.7 Å². The average Bonchev–Trinajstić information content (AvgIpc) is 3.03. The number of phenols is 1. The highest BCUT2D eigenvalue weighted by molar-refractivity contribution is 6.46. The minimum absolute atomic E-state index is 0.0517. The molecule has 3 rings (SSSR count). The molecule has 0 bridgehead atoms. The van der Waals surface area contributed by atoms with E-state index in [0.29, 0.717) is 42.4 Å². The van der Waals surface area contributed by atoms with Crippen LogP contribution in [0.1, 0.15) is 43.0 Å². The Morgan fingerprint density at radius 2 is 1.79 bits per heavy atom. The highest BCUT2D eigenvalue weighted by Crippen LogP contribution is 2.40. The zero-order valence-electron chi connectivity index (χ0n) is 20.5. The second kappa shape index (κ2) is 10.7. The molecule has 1 atom stereocenters. The second-order valence-electron chi connectivity index (χ2n) is 9.43. The Balaban J connectivity index is 2.03. The standard InChI is InChI=1S/C27H34N2O5/c1-17(2)16-34-22-12-9-20(15-18(22)3)25(31)23-24(19-7-10-21(30)11-8-19)29(27(33)26(23)32)14-6-13-28(4)5/h7-12,15,17,24,30-31H,6,13-14,16H2,1-5H3/b25-23-. The Hall–Kier alpha value is -3.32. The van der Waals surface area contributed by atoms with E-state index >= 15 is 0 Å². The van der Waals surface area contributed by atoms with Gasteiger partial charge in [-0.3, -0.25) is 9.59 Å². The maximum absolute atomic E-state index is 13.1. The van der Waals surface area contributed by atoms with E-state index in [-0.39, 0.29) is 17.1 Å². The van der Waals surface area contributed by atoms with Crippen LogP contribution in [-0.4, -0.2) is 65.5 Å². The molecule has 7 nitrogen and oxygen atoms in total. The first kappa shape index (κ1) is 25.3. The fourth-order valence-electron chi connectivity index (χ4n) is 4.04. The maximum atomic E-state index is 13.1. The van der Waals surface area contributed by atoms with E-state index in [1.54, 1.807) is 30.3 Å². The van der Waals surface area contributed by atoms with Gasteiger partial charge in [0, 0.05) is 12.1 Å². The molecule has 1 fully saturated rings. The fourth-order valence-corrected chi connectivity index (χ4v) is 4.04. The van der Waals surface area contributed by atoms with Gasteiger partial charge in [-0.05, 0) is 81.4 Å². The molecule has 182 valence electrons. The molecule has 0 aliphatic carbocycles. The summed E-state index contributed by atoms with van der Waals surface area (Å²) in [6, 6.07) is 10.9. The van der Waals surface area contributed by atoms with Gasteiger partial charge in [0.25, 0.3) is 11.7 Å². The summed E-state index contributed by atoms with van der Waals surface area (Å²) in [6.45, 7) is 7.70. The Kier molecular flexibility index (Phi) is 7.99. The number of hydrogen-bond acceptors (Lipinski definition) is 6. The Morgan fingerprint density at radius 3 is 2.38 bits per heavy atom. The van der Waals surface area contributed by atoms with E-state index in [1.807, 2.05) is 25.9 Å². The van der Waals surface area contributed by atoms with Gasteiger partial charge in [0.15, 0.2) is 0 Å². The zero-order chi connectivity index (χ0) is 25.0. The summed E-state index contributed by atoms with van der Waals surface area (Å²) in [5.41, 5.74) is 1.98. The summed E-state index contributed by atoms with van der Waals surface area (Å²) in [5.74, 6) is -0.387. The fraction of sp³-hybridized carbons (Fsp3) is 0.407. The van der Waals surface area contributed by atoms with Crippen LogP contribution < -0.4 is 4.74 Å². The number of likely N-dealkylation sites (tertiary alicyclic amines) is 1. The number of carbonyl (C=O) groups is 2. The van der Waals surface area contributed by atoms with Crippen LogP contribution in [0.2, 0.25) is 0 Å². The lowest BCUT2D eigenvalue weighted by Crippen LogP contribution is -2.32. The van der Waals surface area contributed by atoms with Crippen LogP contribution >= 0.6 is 0 Å². The minimum Gasteiger partial charge on any atom is -0.508 e. The number of ketones is 1. The first-order valence-corrected chi connectivity index (χ1v) is 11.6. The second-order valence-corrected chi connectivity index (χ2v) is 9.43. The first-order chi connectivity index (χ1) is 16.1. The largest absolute Gasteiger partial charge is 0.508 e. The third-order valence-electron chi connectivity index (χ3n) is 5.77. The van der Waals surface area contributed by atoms with Crippen LogP contribution in [0.5, 0.6) is 11.5 Å². The van der Waals surface area contributed by atoms with Crippen LogP contribution in [0.4, 0.5) is 0 Å². The van der Waals surface area contributed by atoms with Gasteiger partial charge in [0.2, 0.25) is 0 Å². The zero-order valence-corrected chi connectivity index (χ0v) is 20.5. The predicted molar refractivity (Wildman–Crippen MR) is 132 cm³/mol. The lowest BCUT2D eigenvalue weighted by Gasteiger charge is -2.26. The van der Waals surface area contributed by atoms with Crippen molar-refractivity contribution in [3.05, 3.63) is 64.7 Å². The number of amides is 1. The lowest BCUT2D eigenvalue weighted by molar-refractivity contribution is -0.139. The number of aromatic hydroxyl groups is 1. The molecule has 0 saturated carbocycles. The molecular formula is C27H34N2O5. The van der Waals surface area contributed by atoms with Gasteiger partial charge in [-0.15, -0.1) is 0 Å². The van der Waals surface area contributed by atoms with Crippen LogP contribution in [0, 0.1) is 12.8 Å². The molecule has 0 radical (unpaired) electrons. The van der Waals surface area contributed by atoms with E-state index in [2.05, 4.69) is 13.8 Å². The molecule has 34 heavy (non-hydrogen) atoms. The number of phenolic OH excluding ortho intramolecular Hbond substituents is 1. The smallest absolute Gasteiger partial charge is 0.295 e. The molecule has 2 aromatic carbocycles. The molecule has 0 spiro atoms. The first-order valence-electron chi connectivity index (χ1n) is 11.6. The molecule has 1 amide bonds. The van der Waals surface area contributed by atoms with E-state index in [4.69, 9.17) is 4.74 Å². The Morgan fingerprint density at radius 1 is 1.12 bits per heavy atom. The number of ether oxygens (including phenoxy) is 1. The quantitative estimate of drug-likeness (QED) is 0.328. The summed E-state index contributed by atoms with van der Waals surface area (Å²) < 4.78 is 5.82. The lowest BCUT2D eigenvalue weighted by atomic mass is 9.94. The number of aryl methyl sites for hydroxylation is 1. The van der Waals surface area contributed by atoms with Crippen molar-refractivity contribution in [2.75, 3.05) is 33.8 Å². The van der Waals surface area contributed by atoms with Crippen molar-refractivity contribution in [1.82, 2.24) is 9.80 Å². The molecule has 1 saturated heterocycles. The molecule has 1 heterocycles. The van der Waals surface area contributed by atoms with Gasteiger partial charge in [-0.1, -0.05) is 26.0 Å². The number of aliphatic hydroxyl groups is 1. The Bertz CT molecular complexity index is 1070. The summed E-state index contributed by atoms with van der Waals surface area (Å²) in [7, 11) is 3.89. The monoisotopic (exact) mass is 466 g/mol. The van der Waals surface area contributed by atoms with E-state index in [0.717, 1.165) is 12.1 Å². The maximum Gasteiger partial charge on any atom is 0.295 e. The van der Waals surface area contributed by atoms with Crippen molar-refractivity contribution in [1.29, 1.82) is 0 Å². The van der Waals surface area contributed by atoms with Crippen molar-refractivity contribution in [2.24, 2.45) is 5.92 Å². The van der Waals surface area contributed by atoms with Crippen molar-refractivity contribution in [3.63, 3.8) is 0 Å². The molecule has 2 N–H and O–H groups in total. The SMILES string of the molecule is Cc1cc(/C(O)=C2/C(=O)C(=O)N(CCCN(C)C)C2c2ccc(O)cc2)ccc1OCC(C)C. The molecule has 2 aromatic rings. The van der Waals surface area contributed by atoms with Gasteiger partial charge in [0.1, 0.15) is 17.3 Å². The third-order valence-corrected chi connectivity index (χ3v) is 5.77. The number of Topliss-reactive ketones (excluding diaryl/α,β-unsaturated/α-hetero) is 1. The molecule has 1 aliphatic rings. The highest BCUT2D eigenvalue weighted by atomic mass is 16.5. The van der Waals surface area contributed by atoms with Gasteiger partial charge in [-0.2, -0.15) is 0 Å². The van der Waals surface area contributed by atoms with Crippen molar-refractivity contribution in [3.8, 4) is 11.5 Å². The average molecular weight is 467 g/mol. The van der Waals surface area contributed by atoms with Gasteiger partial charge < -0.3 is 24.7 Å². The predicted octanol–water partition coefficient (Wildman–Crippen LogP) is 4.11. The molecule has 1 unspecified atom stereocenters. The summed E-state index contributed by atoms with van der Waals surface area (Å²) in [4.78, 5) is 29.6. The Labute approximate surface area is 201 Å². The summed E-state index contributed by atoms with van der Waals surface area (Å²) in [5, 5.41) is 21.0. The minimum atomic E-state index is -0.736. The summed E-state index contributed by atoms with van der Waals surface area (Å²) in [6.07, 6.45) is 0.676. The van der Waals surface area contributed by atoms with Crippen LogP contribution in [0.3, 0.4) is 0 Å². The van der Waals surface area contributed by atoms with E-state index in [9.17, 15) is 19.8 Å². The normalized spacial score (nSPS) is 17.7. The molecule has 0 aromatic heterocycles. The number of rotatable bonds is 9. The number of aliphatic hydroxyl groups excluding tert-OH is 1. The van der Waals surface area contributed by atoms with E-state index in [1.165, 1.54) is 17.0 Å². The van der Waals surface area contributed by atoms with Crippen LogP contribution in [0.15, 0.2) is 48.0 Å². The number of nitrogens with zero attached hydrogens (tertiary/aromatic N) is 2. The highest BCUT2D eigenvalue weighted by Gasteiger charge is 2.45. The van der Waals surface area contributed by atoms with Gasteiger partial charge in [-0.25, -0.2) is 0 Å². The number of hydrogen-bond donors (Lipinski definition) is 2. The van der Waals surface area contributed by atoms with Crippen LogP contribution in [0.25, 0.3) is 5.76 Å². The molecular weight excluding hydrogens is 432 g/mol. The number of carbonyl (C=O) groups excluding carboxylic acids is 2. The third kappa shape index (κ3) is 5.59. The van der Waals surface area contributed by atoms with Crippen molar-refractivity contribution >= 4 is 17.4 Å². The molecule has 7 heteroatoms.